The van der Waals surface area contributed by atoms with Crippen molar-refractivity contribution in [3.63, 3.8) is 0 Å². The van der Waals surface area contributed by atoms with Crippen LogP contribution < -0.4 is 5.32 Å². The number of hydrogen-bond donors (Lipinski definition) is 1. The van der Waals surface area contributed by atoms with Crippen molar-refractivity contribution < 1.29 is 4.79 Å². The van der Waals surface area contributed by atoms with Crippen LogP contribution in [0.25, 0.3) is 28.3 Å². The molecule has 174 valence electrons. The second kappa shape index (κ2) is 9.27. The predicted octanol–water partition coefficient (Wildman–Crippen LogP) is 6.61. The third-order valence-electron chi connectivity index (χ3n) is 5.61. The molecule has 7 heteroatoms. The molecule has 3 aromatic carbocycles. The maximum absolute atomic E-state index is 13.1. The Morgan fingerprint density at radius 1 is 0.829 bits per heavy atom. The van der Waals surface area contributed by atoms with E-state index in [4.69, 9.17) is 0 Å². The van der Waals surface area contributed by atoms with Gasteiger partial charge in [-0.25, -0.2) is 14.6 Å². The molecule has 0 fully saturated rings. The van der Waals surface area contributed by atoms with Crippen molar-refractivity contribution in [1.82, 2.24) is 19.7 Å². The van der Waals surface area contributed by atoms with Crippen molar-refractivity contribution in [2.75, 3.05) is 5.32 Å². The molecule has 0 aliphatic rings. The fraction of sp³-hybridized carbons (Fsp3) is 0.143. The molecule has 2 aromatic heterocycles. The van der Waals surface area contributed by atoms with Crippen LogP contribution >= 0.6 is 11.3 Å². The van der Waals surface area contributed by atoms with Gasteiger partial charge in [0, 0.05) is 16.5 Å². The number of thiazole rings is 1. The Bertz CT molecular complexity index is 1390. The number of carbonyl (C=O) groups excluding carboxylic acids is 1. The van der Waals surface area contributed by atoms with Gasteiger partial charge in [-0.15, -0.1) is 16.4 Å². The quantitative estimate of drug-likeness (QED) is 0.308. The van der Waals surface area contributed by atoms with Gasteiger partial charge in [0.15, 0.2) is 11.0 Å². The Kier molecular flexibility index (Phi) is 6.01. The lowest BCUT2D eigenvalue weighted by atomic mass is 9.86. The summed E-state index contributed by atoms with van der Waals surface area (Å²) in [4.78, 5) is 22.2. The van der Waals surface area contributed by atoms with E-state index in [-0.39, 0.29) is 11.2 Å². The fourth-order valence-electron chi connectivity index (χ4n) is 3.69. The number of aromatic nitrogens is 4. The summed E-state index contributed by atoms with van der Waals surface area (Å²) < 4.78 is 1.69. The molecular weight excluding hydrogens is 454 g/mol. The van der Waals surface area contributed by atoms with Gasteiger partial charge in [-0.05, 0) is 23.1 Å². The highest BCUT2D eigenvalue weighted by Crippen LogP contribution is 2.29. The van der Waals surface area contributed by atoms with E-state index in [0.29, 0.717) is 11.0 Å². The average molecular weight is 480 g/mol. The molecule has 0 saturated carbocycles. The zero-order chi connectivity index (χ0) is 24.4. The minimum atomic E-state index is -0.402. The number of nitrogens with zero attached hydrogens (tertiary/aromatic N) is 4. The Morgan fingerprint density at radius 3 is 2.14 bits per heavy atom. The molecule has 0 aliphatic carbocycles. The maximum Gasteiger partial charge on any atom is 0.297 e. The van der Waals surface area contributed by atoms with E-state index in [2.05, 4.69) is 65.4 Å². The van der Waals surface area contributed by atoms with Crippen LogP contribution in [0.15, 0.2) is 90.3 Å². The van der Waals surface area contributed by atoms with Crippen molar-refractivity contribution in [3.05, 3.63) is 102 Å². The third kappa shape index (κ3) is 4.90. The van der Waals surface area contributed by atoms with Crippen LogP contribution in [0.3, 0.4) is 0 Å². The molecule has 1 amide bonds. The number of benzene rings is 3. The molecule has 2 heterocycles. The monoisotopic (exact) mass is 479 g/mol. The fourth-order valence-corrected chi connectivity index (χ4v) is 4.40. The first-order chi connectivity index (χ1) is 16.9. The Balaban J connectivity index is 1.40. The van der Waals surface area contributed by atoms with Gasteiger partial charge in [-0.3, -0.25) is 10.1 Å². The molecular formula is C28H25N5OS. The van der Waals surface area contributed by atoms with Crippen LogP contribution in [0.2, 0.25) is 0 Å². The number of anilines is 1. The summed E-state index contributed by atoms with van der Waals surface area (Å²) in [5, 5.41) is 9.82. The zero-order valence-electron chi connectivity index (χ0n) is 19.8. The van der Waals surface area contributed by atoms with E-state index in [1.165, 1.54) is 16.9 Å². The highest BCUT2D eigenvalue weighted by molar-refractivity contribution is 7.14. The minimum Gasteiger partial charge on any atom is -0.295 e. The van der Waals surface area contributed by atoms with Crippen molar-refractivity contribution in [3.8, 4) is 28.3 Å². The topological polar surface area (TPSA) is 72.7 Å². The predicted molar refractivity (Wildman–Crippen MR) is 141 cm³/mol. The van der Waals surface area contributed by atoms with Crippen LogP contribution in [0.4, 0.5) is 5.13 Å². The molecule has 0 spiro atoms. The molecule has 0 unspecified atom stereocenters. The van der Waals surface area contributed by atoms with Crippen LogP contribution in [-0.4, -0.2) is 25.7 Å². The summed E-state index contributed by atoms with van der Waals surface area (Å²) in [6, 6.07) is 27.7. The molecule has 6 nitrogen and oxygen atoms in total. The summed E-state index contributed by atoms with van der Waals surface area (Å²) in [6.07, 6.45) is 0. The Labute approximate surface area is 208 Å². The van der Waals surface area contributed by atoms with Crippen molar-refractivity contribution in [2.24, 2.45) is 0 Å². The van der Waals surface area contributed by atoms with Crippen LogP contribution in [0, 0.1) is 0 Å². The highest BCUT2D eigenvalue weighted by atomic mass is 32.1. The van der Waals surface area contributed by atoms with Crippen molar-refractivity contribution in [2.45, 2.75) is 26.2 Å². The second-order valence-corrected chi connectivity index (χ2v) is 10.0. The van der Waals surface area contributed by atoms with Gasteiger partial charge >= 0.3 is 0 Å². The molecule has 5 aromatic rings. The smallest absolute Gasteiger partial charge is 0.295 e. The van der Waals surface area contributed by atoms with Gasteiger partial charge in [-0.2, -0.15) is 0 Å². The van der Waals surface area contributed by atoms with Crippen LogP contribution in [-0.2, 0) is 5.41 Å². The van der Waals surface area contributed by atoms with Gasteiger partial charge in [0.1, 0.15) is 0 Å². The first-order valence-corrected chi connectivity index (χ1v) is 12.2. The SMILES string of the molecule is CC(C)(C)c1ccc(-c2csc(NC(=O)c3nc(-c4ccccc4)n(-c4ccccc4)n3)n2)cc1. The lowest BCUT2D eigenvalue weighted by Gasteiger charge is -2.18. The minimum absolute atomic E-state index is 0.0824. The first kappa shape index (κ1) is 22.7. The van der Waals surface area contributed by atoms with Gasteiger partial charge < -0.3 is 0 Å². The number of amides is 1. The van der Waals surface area contributed by atoms with E-state index < -0.39 is 5.91 Å². The number of carbonyl (C=O) groups is 1. The number of hydrogen-bond acceptors (Lipinski definition) is 5. The van der Waals surface area contributed by atoms with Crippen molar-refractivity contribution in [1.29, 1.82) is 0 Å². The maximum atomic E-state index is 13.1. The molecule has 0 bridgehead atoms. The lowest BCUT2D eigenvalue weighted by molar-refractivity contribution is 0.101. The highest BCUT2D eigenvalue weighted by Gasteiger charge is 2.20. The van der Waals surface area contributed by atoms with Crippen LogP contribution in [0.1, 0.15) is 37.0 Å². The van der Waals surface area contributed by atoms with Gasteiger partial charge in [0.25, 0.3) is 5.91 Å². The zero-order valence-corrected chi connectivity index (χ0v) is 20.6. The molecule has 0 atom stereocenters. The van der Waals surface area contributed by atoms with E-state index in [9.17, 15) is 4.79 Å². The van der Waals surface area contributed by atoms with Crippen LogP contribution in [0.5, 0.6) is 0 Å². The largest absolute Gasteiger partial charge is 0.297 e. The summed E-state index contributed by atoms with van der Waals surface area (Å²) in [5.41, 5.74) is 4.88. The third-order valence-corrected chi connectivity index (χ3v) is 6.37. The second-order valence-electron chi connectivity index (χ2n) is 9.19. The van der Waals surface area contributed by atoms with E-state index in [1.54, 1.807) is 4.68 Å². The lowest BCUT2D eigenvalue weighted by Crippen LogP contribution is -2.14. The molecule has 0 saturated heterocycles. The summed E-state index contributed by atoms with van der Waals surface area (Å²) in [7, 11) is 0. The van der Waals surface area contributed by atoms with Gasteiger partial charge in [0.2, 0.25) is 5.82 Å². The molecule has 5 rings (SSSR count). The van der Waals surface area contributed by atoms with Gasteiger partial charge in [0.05, 0.1) is 11.4 Å². The average Bonchev–Trinajstić information content (AvgIpc) is 3.53. The summed E-state index contributed by atoms with van der Waals surface area (Å²) in [6.45, 7) is 6.57. The Hall–Kier alpha value is -4.10. The Morgan fingerprint density at radius 2 is 1.49 bits per heavy atom. The number of nitrogens with one attached hydrogen (secondary N) is 1. The summed E-state index contributed by atoms with van der Waals surface area (Å²) >= 11 is 1.38. The summed E-state index contributed by atoms with van der Waals surface area (Å²) in [5.74, 6) is 0.278. The van der Waals surface area contributed by atoms with Gasteiger partial charge in [-0.1, -0.05) is 93.6 Å². The molecule has 0 radical (unpaired) electrons. The standard InChI is InChI=1S/C28H25N5OS/c1-28(2,3)21-16-14-19(15-17-21)23-18-35-27(29-23)31-26(34)24-30-25(20-10-6-4-7-11-20)33(32-24)22-12-8-5-9-13-22/h4-18H,1-3H3,(H,29,31,34). The molecule has 35 heavy (non-hydrogen) atoms. The number of para-hydroxylation sites is 1. The molecule has 1 N–H and O–H groups in total. The van der Waals surface area contributed by atoms with E-state index >= 15 is 0 Å². The van der Waals surface area contributed by atoms with Crippen molar-refractivity contribution >= 4 is 22.4 Å². The van der Waals surface area contributed by atoms with E-state index in [1.807, 2.05) is 66.0 Å². The van der Waals surface area contributed by atoms with E-state index in [0.717, 1.165) is 22.5 Å². The molecule has 0 aliphatic heterocycles. The first-order valence-electron chi connectivity index (χ1n) is 11.3. The number of rotatable bonds is 5. The normalized spacial score (nSPS) is 11.4.